The average Bonchev–Trinajstić information content (AvgIpc) is 2.50. The molecule has 0 aliphatic heterocycles. The molecule has 0 fully saturated rings. The Morgan fingerprint density at radius 3 is 2.86 bits per heavy atom. The highest BCUT2D eigenvalue weighted by Gasteiger charge is 2.06. The van der Waals surface area contributed by atoms with Gasteiger partial charge in [-0.25, -0.2) is 4.98 Å². The molecule has 0 atom stereocenters. The minimum Gasteiger partial charge on any atom is -0.488 e. The lowest BCUT2D eigenvalue weighted by atomic mass is 10.3. The van der Waals surface area contributed by atoms with Crippen LogP contribution in [0.1, 0.15) is 13.8 Å². The molecule has 22 heavy (non-hydrogen) atoms. The smallest absolute Gasteiger partial charge is 0.320 e. The molecule has 0 spiro atoms. The van der Waals surface area contributed by atoms with Crippen LogP contribution in [0.15, 0.2) is 36.2 Å². The molecule has 1 heterocycles. The molecule has 2 rings (SSSR count). The Bertz CT molecular complexity index is 672. The van der Waals surface area contributed by atoms with E-state index in [-0.39, 0.29) is 6.01 Å². The molecular formula is C15H17ClN4O2. The summed E-state index contributed by atoms with van der Waals surface area (Å²) in [6.07, 6.45) is 3.35. The van der Waals surface area contributed by atoms with Crippen molar-refractivity contribution in [2.45, 2.75) is 13.8 Å². The Hall–Kier alpha value is -2.34. The molecule has 0 radical (unpaired) electrons. The molecule has 0 saturated carbocycles. The second-order valence-electron chi connectivity index (χ2n) is 4.66. The van der Waals surface area contributed by atoms with Gasteiger partial charge in [0.15, 0.2) is 0 Å². The number of benzene rings is 1. The molecule has 0 aliphatic rings. The average molecular weight is 321 g/mol. The van der Waals surface area contributed by atoms with Gasteiger partial charge in [-0.2, -0.15) is 9.97 Å². The third-order valence-corrected chi connectivity index (χ3v) is 2.96. The first-order valence-electron chi connectivity index (χ1n) is 6.64. The Morgan fingerprint density at radius 2 is 2.14 bits per heavy atom. The number of anilines is 2. The fourth-order valence-corrected chi connectivity index (χ4v) is 1.73. The first kappa shape index (κ1) is 16.0. The maximum Gasteiger partial charge on any atom is 0.320 e. The van der Waals surface area contributed by atoms with Gasteiger partial charge in [0.25, 0.3) is 0 Å². The number of nitrogens with one attached hydrogen (secondary N) is 1. The predicted octanol–water partition coefficient (Wildman–Crippen LogP) is 3.62. The van der Waals surface area contributed by atoms with E-state index in [9.17, 15) is 0 Å². The summed E-state index contributed by atoms with van der Waals surface area (Å²) in [4.78, 5) is 12.0. The normalized spacial score (nSPS) is 10.0. The van der Waals surface area contributed by atoms with E-state index < -0.39 is 0 Å². The van der Waals surface area contributed by atoms with Crippen molar-refractivity contribution >= 4 is 23.2 Å². The van der Waals surface area contributed by atoms with Gasteiger partial charge in [0.1, 0.15) is 18.7 Å². The van der Waals surface area contributed by atoms with Gasteiger partial charge in [-0.05, 0) is 32.1 Å². The Morgan fingerprint density at radius 1 is 1.32 bits per heavy atom. The number of methoxy groups -OCH3 is 1. The van der Waals surface area contributed by atoms with Crippen molar-refractivity contribution in [1.82, 2.24) is 15.0 Å². The van der Waals surface area contributed by atoms with Crippen LogP contribution >= 0.6 is 11.6 Å². The van der Waals surface area contributed by atoms with Gasteiger partial charge in [0.05, 0.1) is 12.1 Å². The molecule has 0 aliphatic carbocycles. The molecule has 0 saturated heterocycles. The summed E-state index contributed by atoms with van der Waals surface area (Å²) in [5.41, 5.74) is 1.94. The van der Waals surface area contributed by atoms with Gasteiger partial charge in [-0.1, -0.05) is 17.2 Å². The second-order valence-corrected chi connectivity index (χ2v) is 5.07. The molecule has 116 valence electrons. The summed E-state index contributed by atoms with van der Waals surface area (Å²) in [7, 11) is 1.50. The van der Waals surface area contributed by atoms with E-state index in [4.69, 9.17) is 21.1 Å². The summed E-state index contributed by atoms with van der Waals surface area (Å²) < 4.78 is 10.6. The molecule has 1 aromatic heterocycles. The van der Waals surface area contributed by atoms with Crippen molar-refractivity contribution in [3.63, 3.8) is 0 Å². The molecular weight excluding hydrogens is 304 g/mol. The van der Waals surface area contributed by atoms with E-state index in [2.05, 4.69) is 20.3 Å². The van der Waals surface area contributed by atoms with Crippen LogP contribution in [-0.4, -0.2) is 28.7 Å². The highest BCUT2D eigenvalue weighted by molar-refractivity contribution is 6.32. The quantitative estimate of drug-likeness (QED) is 0.820. The first-order valence-corrected chi connectivity index (χ1v) is 7.02. The number of hydrogen-bond donors (Lipinski definition) is 1. The van der Waals surface area contributed by atoms with Crippen LogP contribution in [0.4, 0.5) is 11.6 Å². The Labute approximate surface area is 134 Å². The molecule has 2 aromatic rings. The minimum atomic E-state index is 0.242. The second kappa shape index (κ2) is 7.61. The van der Waals surface area contributed by atoms with Crippen molar-refractivity contribution in [2.75, 3.05) is 19.0 Å². The maximum atomic E-state index is 6.13. The SMILES string of the molecule is COc1ncnc(Nc2ccc(Cl)c(OCC=C(C)C)c2)n1. The van der Waals surface area contributed by atoms with Crippen LogP contribution in [0.5, 0.6) is 11.8 Å². The number of hydrogen-bond acceptors (Lipinski definition) is 6. The van der Waals surface area contributed by atoms with Crippen LogP contribution in [0.2, 0.25) is 5.02 Å². The first-order chi connectivity index (χ1) is 10.6. The fourth-order valence-electron chi connectivity index (χ4n) is 1.56. The van der Waals surface area contributed by atoms with Crippen LogP contribution in [0.25, 0.3) is 0 Å². The largest absolute Gasteiger partial charge is 0.488 e. The van der Waals surface area contributed by atoms with Crippen LogP contribution in [0.3, 0.4) is 0 Å². The third-order valence-electron chi connectivity index (χ3n) is 2.65. The zero-order valence-electron chi connectivity index (χ0n) is 12.6. The van der Waals surface area contributed by atoms with E-state index >= 15 is 0 Å². The van der Waals surface area contributed by atoms with Crippen LogP contribution in [-0.2, 0) is 0 Å². The number of halogens is 1. The lowest BCUT2D eigenvalue weighted by Gasteiger charge is -2.10. The van der Waals surface area contributed by atoms with Gasteiger partial charge in [-0.3, -0.25) is 0 Å². The number of aromatic nitrogens is 3. The lowest BCUT2D eigenvalue weighted by molar-refractivity contribution is 0.362. The molecule has 0 unspecified atom stereocenters. The van der Waals surface area contributed by atoms with Crippen LogP contribution < -0.4 is 14.8 Å². The van der Waals surface area contributed by atoms with Gasteiger partial charge in [-0.15, -0.1) is 0 Å². The van der Waals surface area contributed by atoms with Gasteiger partial charge >= 0.3 is 6.01 Å². The Kier molecular flexibility index (Phi) is 5.55. The fraction of sp³-hybridized carbons (Fsp3) is 0.267. The van der Waals surface area contributed by atoms with Crippen molar-refractivity contribution in [3.05, 3.63) is 41.2 Å². The Balaban J connectivity index is 2.12. The van der Waals surface area contributed by atoms with Crippen molar-refractivity contribution in [1.29, 1.82) is 0 Å². The topological polar surface area (TPSA) is 69.2 Å². The molecule has 7 heteroatoms. The van der Waals surface area contributed by atoms with E-state index in [0.717, 1.165) is 5.69 Å². The number of ether oxygens (including phenoxy) is 2. The van der Waals surface area contributed by atoms with Crippen molar-refractivity contribution in [3.8, 4) is 11.8 Å². The summed E-state index contributed by atoms with van der Waals surface area (Å²) in [6, 6.07) is 5.59. The molecule has 1 N–H and O–H groups in total. The van der Waals surface area contributed by atoms with E-state index in [1.165, 1.54) is 19.0 Å². The zero-order valence-corrected chi connectivity index (χ0v) is 13.4. The van der Waals surface area contributed by atoms with E-state index in [0.29, 0.717) is 23.3 Å². The number of rotatable bonds is 6. The lowest BCUT2D eigenvalue weighted by Crippen LogP contribution is -2.01. The standard InChI is InChI=1S/C15H17ClN4O2/c1-10(2)6-7-22-13-8-11(4-5-12(13)16)19-14-17-9-18-15(20-14)21-3/h4-6,8-9H,7H2,1-3H3,(H,17,18,19,20). The molecule has 0 amide bonds. The third kappa shape index (κ3) is 4.60. The molecule has 6 nitrogen and oxygen atoms in total. The van der Waals surface area contributed by atoms with Crippen molar-refractivity contribution in [2.24, 2.45) is 0 Å². The van der Waals surface area contributed by atoms with E-state index in [1.807, 2.05) is 26.0 Å². The summed E-state index contributed by atoms with van der Waals surface area (Å²) >= 11 is 6.13. The highest BCUT2D eigenvalue weighted by Crippen LogP contribution is 2.29. The van der Waals surface area contributed by atoms with Gasteiger partial charge < -0.3 is 14.8 Å². The minimum absolute atomic E-state index is 0.242. The summed E-state index contributed by atoms with van der Waals surface area (Å²) in [5.74, 6) is 0.967. The predicted molar refractivity (Wildman–Crippen MR) is 86.0 cm³/mol. The number of nitrogens with zero attached hydrogens (tertiary/aromatic N) is 3. The number of allylic oxidation sites excluding steroid dienone is 1. The van der Waals surface area contributed by atoms with Crippen molar-refractivity contribution < 1.29 is 9.47 Å². The summed E-state index contributed by atoms with van der Waals surface area (Å²) in [6.45, 7) is 4.49. The zero-order chi connectivity index (χ0) is 15.9. The molecule has 0 bridgehead atoms. The maximum absolute atomic E-state index is 6.13. The highest BCUT2D eigenvalue weighted by atomic mass is 35.5. The monoisotopic (exact) mass is 320 g/mol. The van der Waals surface area contributed by atoms with Gasteiger partial charge in [0, 0.05) is 11.8 Å². The van der Waals surface area contributed by atoms with E-state index in [1.54, 1.807) is 12.1 Å². The summed E-state index contributed by atoms with van der Waals surface area (Å²) in [5, 5.41) is 3.59. The molecule has 1 aromatic carbocycles. The van der Waals surface area contributed by atoms with Crippen LogP contribution in [0, 0.1) is 0 Å². The van der Waals surface area contributed by atoms with Gasteiger partial charge in [0.2, 0.25) is 5.95 Å².